The Labute approximate surface area is 131 Å². The molecule has 118 valence electrons. The number of aromatic amines is 2. The number of nitrogens with zero attached hydrogens (tertiary/aromatic N) is 2. The number of thioether (sulfide) groups is 1. The summed E-state index contributed by atoms with van der Waals surface area (Å²) in [5, 5.41) is 6.36. The molecule has 2 heterocycles. The number of nitrogens with one attached hydrogen (secondary N) is 2. The minimum Gasteiger partial charge on any atom is -0.465 e. The van der Waals surface area contributed by atoms with Gasteiger partial charge in [0.05, 0.1) is 23.6 Å². The molecule has 0 saturated heterocycles. The number of aryl methyl sites for hydroxylation is 1. The summed E-state index contributed by atoms with van der Waals surface area (Å²) in [6.45, 7) is 5.18. The minimum absolute atomic E-state index is 0.149. The number of nitrogens with two attached hydrogens (primary N) is 1. The van der Waals surface area contributed by atoms with Crippen LogP contribution in [0.3, 0.4) is 0 Å². The Balaban J connectivity index is 2.24. The summed E-state index contributed by atoms with van der Waals surface area (Å²) < 4.78 is 4.74. The number of esters is 1. The molecular weight excluding hydrogens is 306 g/mol. The number of ether oxygens (including phenoxy) is 1. The van der Waals surface area contributed by atoms with Crippen molar-refractivity contribution in [3.63, 3.8) is 0 Å². The van der Waals surface area contributed by atoms with Crippen LogP contribution >= 0.6 is 11.8 Å². The molecule has 0 spiro atoms. The number of methoxy groups -OCH3 is 1. The zero-order valence-electron chi connectivity index (χ0n) is 12.7. The number of anilines is 1. The van der Waals surface area contributed by atoms with E-state index in [0.29, 0.717) is 27.7 Å². The van der Waals surface area contributed by atoms with E-state index in [1.165, 1.54) is 18.9 Å². The van der Waals surface area contributed by atoms with Crippen molar-refractivity contribution in [1.29, 1.82) is 0 Å². The summed E-state index contributed by atoms with van der Waals surface area (Å²) in [5.41, 5.74) is 7.42. The molecule has 0 aromatic carbocycles. The van der Waals surface area contributed by atoms with Crippen molar-refractivity contribution in [2.24, 2.45) is 0 Å². The number of hydrogen-bond donors (Lipinski definition) is 3. The molecule has 2 aromatic heterocycles. The van der Waals surface area contributed by atoms with E-state index in [2.05, 4.69) is 20.2 Å². The van der Waals surface area contributed by atoms with Gasteiger partial charge in [-0.05, 0) is 26.3 Å². The van der Waals surface area contributed by atoms with Gasteiger partial charge in [0.25, 0.3) is 0 Å². The molecule has 0 aliphatic carbocycles. The van der Waals surface area contributed by atoms with E-state index in [1.807, 2.05) is 0 Å². The van der Waals surface area contributed by atoms with Crippen LogP contribution in [-0.4, -0.2) is 44.3 Å². The van der Waals surface area contributed by atoms with Crippen molar-refractivity contribution in [2.45, 2.75) is 31.2 Å². The third kappa shape index (κ3) is 2.98. The smallest absolute Gasteiger partial charge is 0.339 e. The third-order valence-corrected chi connectivity index (χ3v) is 4.17. The number of rotatable bonds is 5. The monoisotopic (exact) mass is 323 g/mol. The molecule has 0 radical (unpaired) electrons. The average Bonchev–Trinajstić information content (AvgIpc) is 3.00. The Bertz CT molecular complexity index is 721. The zero-order chi connectivity index (χ0) is 16.4. The van der Waals surface area contributed by atoms with Crippen LogP contribution in [0.25, 0.3) is 0 Å². The van der Waals surface area contributed by atoms with Gasteiger partial charge in [0.15, 0.2) is 5.78 Å². The Morgan fingerprint density at radius 1 is 1.36 bits per heavy atom. The molecule has 2 rings (SSSR count). The third-order valence-electron chi connectivity index (χ3n) is 3.21. The first-order chi connectivity index (χ1) is 10.3. The van der Waals surface area contributed by atoms with Crippen molar-refractivity contribution in [3.05, 3.63) is 22.5 Å². The number of nitrogen functional groups attached to an aromatic ring is 1. The van der Waals surface area contributed by atoms with Gasteiger partial charge in [-0.1, -0.05) is 11.8 Å². The Hall–Kier alpha value is -2.29. The molecule has 4 N–H and O–H groups in total. The van der Waals surface area contributed by atoms with Gasteiger partial charge in [-0.15, -0.1) is 5.10 Å². The van der Waals surface area contributed by atoms with Crippen LogP contribution in [0.1, 0.15) is 39.0 Å². The number of Topliss-reactive ketones (excluding diaryl/α,β-unsaturated/α-hetero) is 1. The molecule has 8 nitrogen and oxygen atoms in total. The lowest BCUT2D eigenvalue weighted by Gasteiger charge is -2.07. The van der Waals surface area contributed by atoms with Crippen LogP contribution < -0.4 is 5.73 Å². The fraction of sp³-hybridized carbons (Fsp3) is 0.385. The Morgan fingerprint density at radius 3 is 2.59 bits per heavy atom. The van der Waals surface area contributed by atoms with E-state index in [4.69, 9.17) is 10.5 Å². The predicted molar refractivity (Wildman–Crippen MR) is 82.1 cm³/mol. The van der Waals surface area contributed by atoms with Crippen molar-refractivity contribution >= 4 is 29.5 Å². The van der Waals surface area contributed by atoms with E-state index in [-0.39, 0.29) is 11.7 Å². The number of ketones is 1. The van der Waals surface area contributed by atoms with E-state index < -0.39 is 11.2 Å². The fourth-order valence-electron chi connectivity index (χ4n) is 2.13. The lowest BCUT2D eigenvalue weighted by atomic mass is 10.1. The molecule has 9 heteroatoms. The van der Waals surface area contributed by atoms with Crippen molar-refractivity contribution in [1.82, 2.24) is 20.2 Å². The highest BCUT2D eigenvalue weighted by Gasteiger charge is 2.26. The van der Waals surface area contributed by atoms with Gasteiger partial charge in [-0.2, -0.15) is 4.98 Å². The second kappa shape index (κ2) is 6.22. The van der Waals surface area contributed by atoms with Crippen LogP contribution in [0.2, 0.25) is 0 Å². The second-order valence-corrected chi connectivity index (χ2v) is 6.05. The molecule has 0 saturated carbocycles. The molecular formula is C13H17N5O3S. The summed E-state index contributed by atoms with van der Waals surface area (Å²) in [6, 6.07) is 0. The number of carbonyl (C=O) groups is 2. The molecule has 0 aliphatic rings. The van der Waals surface area contributed by atoms with Gasteiger partial charge < -0.3 is 15.5 Å². The first-order valence-electron chi connectivity index (χ1n) is 6.51. The molecule has 22 heavy (non-hydrogen) atoms. The lowest BCUT2D eigenvalue weighted by Crippen LogP contribution is -2.15. The molecule has 1 atom stereocenters. The Morgan fingerprint density at radius 2 is 2.05 bits per heavy atom. The lowest BCUT2D eigenvalue weighted by molar-refractivity contribution is 0.0599. The van der Waals surface area contributed by atoms with Crippen LogP contribution in [0.15, 0.2) is 5.16 Å². The van der Waals surface area contributed by atoms with Crippen molar-refractivity contribution in [2.75, 3.05) is 12.8 Å². The number of carbonyl (C=O) groups excluding carboxylic acids is 2. The van der Waals surface area contributed by atoms with E-state index >= 15 is 0 Å². The normalized spacial score (nSPS) is 12.2. The molecule has 0 fully saturated rings. The summed E-state index contributed by atoms with van der Waals surface area (Å²) in [6.07, 6.45) is 0. The SMILES string of the molecule is COC(=O)c1c(C)[nH]c(C(=O)[C@H](C)Sc2n[nH]c(N)n2)c1C. The van der Waals surface area contributed by atoms with Gasteiger partial charge in [0.2, 0.25) is 11.1 Å². The van der Waals surface area contributed by atoms with Gasteiger partial charge in [0.1, 0.15) is 0 Å². The standard InChI is InChI=1S/C13H17N5O3S/c1-5-8(11(20)21-4)6(2)15-9(5)10(19)7(3)22-13-16-12(14)17-18-13/h7,15H,1-4H3,(H3,14,16,17,18)/t7-/m0/s1. The quantitative estimate of drug-likeness (QED) is 0.432. The van der Waals surface area contributed by atoms with Crippen LogP contribution in [0.4, 0.5) is 5.95 Å². The highest BCUT2D eigenvalue weighted by atomic mass is 32.2. The molecule has 0 amide bonds. The first-order valence-corrected chi connectivity index (χ1v) is 7.39. The van der Waals surface area contributed by atoms with Crippen LogP contribution in [0.5, 0.6) is 0 Å². The van der Waals surface area contributed by atoms with E-state index in [1.54, 1.807) is 20.8 Å². The second-order valence-electron chi connectivity index (χ2n) is 4.74. The fourth-order valence-corrected chi connectivity index (χ4v) is 2.92. The number of H-pyrrole nitrogens is 2. The highest BCUT2D eigenvalue weighted by molar-refractivity contribution is 8.00. The molecule has 0 aliphatic heterocycles. The number of hydrogen-bond acceptors (Lipinski definition) is 7. The zero-order valence-corrected chi connectivity index (χ0v) is 13.5. The van der Waals surface area contributed by atoms with Crippen LogP contribution in [-0.2, 0) is 4.74 Å². The number of aromatic nitrogens is 4. The van der Waals surface area contributed by atoms with Gasteiger partial charge >= 0.3 is 5.97 Å². The summed E-state index contributed by atoms with van der Waals surface area (Å²) in [7, 11) is 1.31. The van der Waals surface area contributed by atoms with Crippen molar-refractivity contribution in [3.8, 4) is 0 Å². The van der Waals surface area contributed by atoms with Gasteiger partial charge in [-0.3, -0.25) is 4.79 Å². The topological polar surface area (TPSA) is 127 Å². The van der Waals surface area contributed by atoms with E-state index in [9.17, 15) is 9.59 Å². The summed E-state index contributed by atoms with van der Waals surface area (Å²) in [4.78, 5) is 31.2. The highest BCUT2D eigenvalue weighted by Crippen LogP contribution is 2.26. The molecule has 0 bridgehead atoms. The maximum absolute atomic E-state index is 12.6. The van der Waals surface area contributed by atoms with Crippen molar-refractivity contribution < 1.29 is 14.3 Å². The predicted octanol–water partition coefficient (Wildman–Crippen LogP) is 1.48. The minimum atomic E-state index is -0.465. The average molecular weight is 323 g/mol. The van der Waals surface area contributed by atoms with Crippen LogP contribution in [0, 0.1) is 13.8 Å². The van der Waals surface area contributed by atoms with Gasteiger partial charge in [-0.25, -0.2) is 9.89 Å². The summed E-state index contributed by atoms with van der Waals surface area (Å²) >= 11 is 1.19. The molecule has 0 unspecified atom stereocenters. The first kappa shape index (κ1) is 16.1. The van der Waals surface area contributed by atoms with E-state index in [0.717, 1.165) is 0 Å². The summed E-state index contributed by atoms with van der Waals surface area (Å²) in [5.74, 6) is -0.418. The maximum Gasteiger partial charge on any atom is 0.339 e. The Kier molecular flexibility index (Phi) is 4.55. The molecule has 2 aromatic rings. The largest absolute Gasteiger partial charge is 0.465 e. The van der Waals surface area contributed by atoms with Gasteiger partial charge in [0, 0.05) is 5.69 Å². The maximum atomic E-state index is 12.6.